The van der Waals surface area contributed by atoms with Gasteiger partial charge in [0.2, 0.25) is 0 Å². The normalized spacial score (nSPS) is 26.4. The molecule has 0 amide bonds. The van der Waals surface area contributed by atoms with E-state index in [4.69, 9.17) is 0 Å². The number of thioether (sulfide) groups is 1. The second-order valence-electron chi connectivity index (χ2n) is 9.78. The molecule has 8 nitrogen and oxygen atoms in total. The molecule has 1 aromatic carbocycles. The third kappa shape index (κ3) is 4.27. The Morgan fingerprint density at radius 1 is 1.03 bits per heavy atom. The Bertz CT molecular complexity index is 1160. The van der Waals surface area contributed by atoms with Crippen LogP contribution in [0.3, 0.4) is 0 Å². The zero-order valence-electron chi connectivity index (χ0n) is 19.4. The van der Waals surface area contributed by atoms with Crippen LogP contribution in [0.5, 0.6) is 5.75 Å². The lowest BCUT2D eigenvalue weighted by atomic mass is 9.84. The monoisotopic (exact) mass is 463 g/mol. The van der Waals surface area contributed by atoms with Crippen molar-refractivity contribution in [2.24, 2.45) is 0 Å². The van der Waals surface area contributed by atoms with Crippen molar-refractivity contribution in [2.75, 3.05) is 18.2 Å². The van der Waals surface area contributed by atoms with E-state index in [0.29, 0.717) is 17.4 Å². The van der Waals surface area contributed by atoms with E-state index in [9.17, 15) is 5.11 Å². The minimum Gasteiger partial charge on any atom is -0.507 e. The number of piperidine rings is 1. The van der Waals surface area contributed by atoms with Crippen LogP contribution in [0.25, 0.3) is 22.5 Å². The van der Waals surface area contributed by atoms with Crippen molar-refractivity contribution in [3.05, 3.63) is 36.7 Å². The van der Waals surface area contributed by atoms with E-state index in [0.717, 1.165) is 34.8 Å². The Morgan fingerprint density at radius 3 is 2.42 bits per heavy atom. The van der Waals surface area contributed by atoms with Crippen molar-refractivity contribution >= 4 is 17.6 Å². The number of aromatic hydroxyl groups is 1. The predicted octanol–water partition coefficient (Wildman–Crippen LogP) is 3.92. The predicted molar refractivity (Wildman–Crippen MR) is 130 cm³/mol. The van der Waals surface area contributed by atoms with Gasteiger partial charge in [-0.1, -0.05) is 6.07 Å². The molecule has 0 radical (unpaired) electrons. The average Bonchev–Trinajstić information content (AvgIpc) is 3.05. The molecule has 4 heterocycles. The Hall–Kier alpha value is -2.78. The van der Waals surface area contributed by atoms with Gasteiger partial charge in [0.25, 0.3) is 0 Å². The Morgan fingerprint density at radius 2 is 1.79 bits per heavy atom. The summed E-state index contributed by atoms with van der Waals surface area (Å²) in [6, 6.07) is 7.77. The van der Waals surface area contributed by atoms with Crippen LogP contribution >= 0.6 is 11.8 Å². The first-order valence-corrected chi connectivity index (χ1v) is 12.4. The van der Waals surface area contributed by atoms with Crippen molar-refractivity contribution in [3.8, 4) is 28.3 Å². The molecular formula is C24H29N7OS. The molecule has 0 unspecified atom stereocenters. The van der Waals surface area contributed by atoms with Gasteiger partial charge in [-0.05, 0) is 69.5 Å². The summed E-state index contributed by atoms with van der Waals surface area (Å²) in [5.74, 6) is 1.26. The fourth-order valence-electron chi connectivity index (χ4n) is 5.34. The molecule has 5 rings (SSSR count). The van der Waals surface area contributed by atoms with E-state index in [1.807, 2.05) is 24.5 Å². The van der Waals surface area contributed by atoms with E-state index in [1.54, 1.807) is 18.5 Å². The summed E-state index contributed by atoms with van der Waals surface area (Å²) in [7, 11) is 2.07. The largest absolute Gasteiger partial charge is 0.507 e. The highest BCUT2D eigenvalue weighted by Gasteiger charge is 2.49. The standard InChI is InChI=1S/C24H29N7OS/c1-23-7-8-24(2,30-23)12-17(11-23)31(3)20-14-25-22(29-27-20)18-6-5-15(9-19(18)32)16-10-21(33-4)28-26-13-16/h5-6,9-10,13-14,17,30,32H,7-8,11-12H2,1-4H3/t17-,23-,24+. The van der Waals surface area contributed by atoms with Crippen molar-refractivity contribution in [2.45, 2.75) is 61.7 Å². The lowest BCUT2D eigenvalue weighted by Crippen LogP contribution is -2.58. The minimum atomic E-state index is 0.105. The number of phenolic OH excluding ortho intramolecular Hbond substituents is 1. The summed E-state index contributed by atoms with van der Waals surface area (Å²) in [4.78, 5) is 6.73. The SMILES string of the molecule is CSc1cc(-c2ccc(-c3ncc(N(C)[C@H]4C[C@]5(C)CC[C@](C)(C4)N5)nn3)c(O)c2)cnn1. The van der Waals surface area contributed by atoms with Gasteiger partial charge in [-0.25, -0.2) is 4.98 Å². The number of aromatic nitrogens is 5. The number of phenols is 1. The summed E-state index contributed by atoms with van der Waals surface area (Å²) >= 11 is 1.53. The number of fused-ring (bicyclic) bond motifs is 2. The molecule has 3 atom stereocenters. The van der Waals surface area contributed by atoms with Gasteiger partial charge >= 0.3 is 0 Å². The Balaban J connectivity index is 1.35. The molecule has 172 valence electrons. The van der Waals surface area contributed by atoms with Gasteiger partial charge in [0.05, 0.1) is 18.0 Å². The van der Waals surface area contributed by atoms with E-state index in [2.05, 4.69) is 56.5 Å². The number of nitrogens with zero attached hydrogens (tertiary/aromatic N) is 6. The van der Waals surface area contributed by atoms with Gasteiger partial charge < -0.3 is 15.3 Å². The highest BCUT2D eigenvalue weighted by atomic mass is 32.2. The summed E-state index contributed by atoms with van der Waals surface area (Å²) in [6.45, 7) is 4.64. The van der Waals surface area contributed by atoms with Crippen LogP contribution < -0.4 is 10.2 Å². The van der Waals surface area contributed by atoms with Crippen LogP contribution in [0, 0.1) is 0 Å². The van der Waals surface area contributed by atoms with Gasteiger partial charge in [0, 0.05) is 29.7 Å². The highest BCUT2D eigenvalue weighted by molar-refractivity contribution is 7.98. The zero-order chi connectivity index (χ0) is 23.2. The van der Waals surface area contributed by atoms with Crippen LogP contribution in [0.1, 0.15) is 39.5 Å². The summed E-state index contributed by atoms with van der Waals surface area (Å²) < 4.78 is 0. The van der Waals surface area contributed by atoms with E-state index < -0.39 is 0 Å². The summed E-state index contributed by atoms with van der Waals surface area (Å²) in [5, 5.41) is 32.2. The molecular weight excluding hydrogens is 434 g/mol. The molecule has 0 saturated carbocycles. The lowest BCUT2D eigenvalue weighted by molar-refractivity contribution is 0.207. The topological polar surface area (TPSA) is 100.0 Å². The van der Waals surface area contributed by atoms with Gasteiger partial charge in [-0.3, -0.25) is 0 Å². The number of hydrogen-bond acceptors (Lipinski definition) is 9. The first-order valence-electron chi connectivity index (χ1n) is 11.2. The van der Waals surface area contributed by atoms with Gasteiger partial charge in [-0.15, -0.1) is 27.1 Å². The fourth-order valence-corrected chi connectivity index (χ4v) is 5.72. The third-order valence-corrected chi connectivity index (χ3v) is 7.69. The lowest BCUT2D eigenvalue weighted by Gasteiger charge is -2.45. The number of nitrogens with one attached hydrogen (secondary N) is 1. The first kappa shape index (κ1) is 22.0. The molecule has 33 heavy (non-hydrogen) atoms. The van der Waals surface area contributed by atoms with Crippen LogP contribution in [0.2, 0.25) is 0 Å². The van der Waals surface area contributed by atoms with Crippen molar-refractivity contribution in [3.63, 3.8) is 0 Å². The molecule has 2 aliphatic rings. The number of anilines is 1. The maximum atomic E-state index is 10.7. The first-order chi connectivity index (χ1) is 15.8. The van der Waals surface area contributed by atoms with Gasteiger partial charge in [0.15, 0.2) is 11.6 Å². The number of rotatable bonds is 5. The van der Waals surface area contributed by atoms with Crippen LogP contribution in [-0.2, 0) is 0 Å². The molecule has 3 aromatic rings. The Kier molecular flexibility index (Phi) is 5.49. The minimum absolute atomic E-state index is 0.105. The van der Waals surface area contributed by atoms with Crippen LogP contribution in [0.15, 0.2) is 41.7 Å². The molecule has 0 aliphatic carbocycles. The van der Waals surface area contributed by atoms with Crippen molar-refractivity contribution < 1.29 is 5.11 Å². The van der Waals surface area contributed by atoms with E-state index >= 15 is 0 Å². The molecule has 2 aliphatic heterocycles. The maximum absolute atomic E-state index is 10.7. The van der Waals surface area contributed by atoms with E-state index in [1.165, 1.54) is 24.6 Å². The summed E-state index contributed by atoms with van der Waals surface area (Å²) in [6.07, 6.45) is 9.96. The van der Waals surface area contributed by atoms with E-state index in [-0.39, 0.29) is 16.8 Å². The highest BCUT2D eigenvalue weighted by Crippen LogP contribution is 2.43. The van der Waals surface area contributed by atoms with Crippen LogP contribution in [-0.4, -0.2) is 60.9 Å². The molecule has 2 aromatic heterocycles. The third-order valence-electron chi connectivity index (χ3n) is 7.08. The second kappa shape index (κ2) is 8.22. The summed E-state index contributed by atoms with van der Waals surface area (Å²) in [5.41, 5.74) is 2.66. The molecule has 2 fully saturated rings. The molecule has 2 saturated heterocycles. The number of hydrogen-bond donors (Lipinski definition) is 2. The Labute approximate surface area is 198 Å². The number of benzene rings is 1. The average molecular weight is 464 g/mol. The quantitative estimate of drug-likeness (QED) is 0.545. The van der Waals surface area contributed by atoms with Crippen molar-refractivity contribution in [1.29, 1.82) is 0 Å². The molecule has 0 spiro atoms. The molecule has 9 heteroatoms. The fraction of sp³-hybridized carbons (Fsp3) is 0.458. The maximum Gasteiger partial charge on any atom is 0.185 e. The molecule has 2 N–H and O–H groups in total. The zero-order valence-corrected chi connectivity index (χ0v) is 20.2. The van der Waals surface area contributed by atoms with Gasteiger partial charge in [-0.2, -0.15) is 5.10 Å². The second-order valence-corrected chi connectivity index (χ2v) is 10.6. The molecule has 2 bridgehead atoms. The van der Waals surface area contributed by atoms with Crippen LogP contribution in [0.4, 0.5) is 5.82 Å². The smallest absolute Gasteiger partial charge is 0.185 e. The van der Waals surface area contributed by atoms with Gasteiger partial charge in [0.1, 0.15) is 10.8 Å². The van der Waals surface area contributed by atoms with Crippen molar-refractivity contribution in [1.82, 2.24) is 30.7 Å².